The number of hydrogen-bond donors (Lipinski definition) is 1. The molecule has 2 heterocycles. The lowest BCUT2D eigenvalue weighted by Gasteiger charge is -2.21. The molecule has 2 aromatic heterocycles. The maximum absolute atomic E-state index is 6.21. The van der Waals surface area contributed by atoms with Gasteiger partial charge >= 0.3 is 0 Å². The molecule has 4 heteroatoms. The summed E-state index contributed by atoms with van der Waals surface area (Å²) >= 11 is 5.33. The lowest BCUT2D eigenvalue weighted by atomic mass is 9.93. The summed E-state index contributed by atoms with van der Waals surface area (Å²) in [5.74, 6) is 0. The van der Waals surface area contributed by atoms with Crippen LogP contribution in [0, 0.1) is 6.92 Å². The van der Waals surface area contributed by atoms with Crippen LogP contribution in [0.15, 0.2) is 22.0 Å². The van der Waals surface area contributed by atoms with Crippen molar-refractivity contribution in [3.63, 3.8) is 0 Å². The lowest BCUT2D eigenvalue weighted by molar-refractivity contribution is 0.547. The van der Waals surface area contributed by atoms with Crippen molar-refractivity contribution >= 4 is 27.3 Å². The summed E-state index contributed by atoms with van der Waals surface area (Å²) in [5, 5.41) is 2.15. The number of nitrogens with two attached hydrogens (primary N) is 1. The number of rotatable bonds is 2. The summed E-state index contributed by atoms with van der Waals surface area (Å²) in [5.41, 5.74) is 10.4. The Morgan fingerprint density at radius 2 is 2.33 bits per heavy atom. The number of aryl methyl sites for hydroxylation is 1. The molecule has 3 rings (SSSR count). The molecule has 0 saturated carbocycles. The van der Waals surface area contributed by atoms with Crippen LogP contribution in [-0.4, -0.2) is 4.57 Å². The van der Waals surface area contributed by atoms with E-state index >= 15 is 0 Å². The zero-order valence-corrected chi connectivity index (χ0v) is 12.9. The molecular weight excluding hydrogens is 308 g/mol. The number of nitrogens with zero attached hydrogens (tertiary/aromatic N) is 1. The van der Waals surface area contributed by atoms with Crippen LogP contribution in [0.2, 0.25) is 0 Å². The monoisotopic (exact) mass is 324 g/mol. The largest absolute Gasteiger partial charge is 0.343 e. The van der Waals surface area contributed by atoms with Gasteiger partial charge in [-0.25, -0.2) is 0 Å². The van der Waals surface area contributed by atoms with Gasteiger partial charge < -0.3 is 10.3 Å². The highest BCUT2D eigenvalue weighted by Crippen LogP contribution is 2.32. The van der Waals surface area contributed by atoms with Crippen molar-refractivity contribution in [3.8, 4) is 0 Å². The van der Waals surface area contributed by atoms with Crippen LogP contribution in [0.25, 0.3) is 0 Å². The Morgan fingerprint density at radius 3 is 3.06 bits per heavy atom. The van der Waals surface area contributed by atoms with Gasteiger partial charge in [0.2, 0.25) is 0 Å². The molecule has 18 heavy (non-hydrogen) atoms. The summed E-state index contributed by atoms with van der Waals surface area (Å²) in [6, 6.07) is 4.73. The van der Waals surface area contributed by atoms with Gasteiger partial charge in [-0.15, -0.1) is 11.3 Å². The van der Waals surface area contributed by atoms with Gasteiger partial charge in [-0.3, -0.25) is 0 Å². The Hall–Kier alpha value is -0.580. The van der Waals surface area contributed by atoms with Gasteiger partial charge in [0, 0.05) is 32.2 Å². The van der Waals surface area contributed by atoms with E-state index in [-0.39, 0.29) is 6.04 Å². The predicted molar refractivity (Wildman–Crippen MR) is 80.2 cm³/mol. The summed E-state index contributed by atoms with van der Waals surface area (Å²) in [6.45, 7) is 3.16. The SMILES string of the molecule is Cc1cc2c(n1Cc1cc(Br)cs1)CCCC2N. The van der Waals surface area contributed by atoms with E-state index in [1.54, 1.807) is 0 Å². The van der Waals surface area contributed by atoms with E-state index in [0.29, 0.717) is 0 Å². The highest BCUT2D eigenvalue weighted by molar-refractivity contribution is 9.10. The molecule has 0 saturated heterocycles. The molecule has 2 aromatic rings. The molecule has 1 aliphatic carbocycles. The van der Waals surface area contributed by atoms with Gasteiger partial charge in [0.25, 0.3) is 0 Å². The minimum Gasteiger partial charge on any atom is -0.343 e. The average molecular weight is 325 g/mol. The molecule has 96 valence electrons. The predicted octanol–water partition coefficient (Wildman–Crippen LogP) is 4.00. The standard InChI is InChI=1S/C14H17BrN2S/c1-9-5-12-13(16)3-2-4-14(12)17(9)7-11-6-10(15)8-18-11/h5-6,8,13H,2-4,7,16H2,1H3. The molecular formula is C14H17BrN2S. The molecule has 0 spiro atoms. The normalized spacial score (nSPS) is 18.9. The van der Waals surface area contributed by atoms with Crippen molar-refractivity contribution in [1.29, 1.82) is 0 Å². The zero-order chi connectivity index (χ0) is 12.7. The molecule has 0 fully saturated rings. The topological polar surface area (TPSA) is 30.9 Å². The first-order valence-corrected chi connectivity index (χ1v) is 8.00. The quantitative estimate of drug-likeness (QED) is 0.889. The van der Waals surface area contributed by atoms with Crippen LogP contribution < -0.4 is 5.73 Å². The first-order valence-electron chi connectivity index (χ1n) is 6.32. The van der Waals surface area contributed by atoms with Crippen LogP contribution in [0.5, 0.6) is 0 Å². The Morgan fingerprint density at radius 1 is 1.50 bits per heavy atom. The highest BCUT2D eigenvalue weighted by atomic mass is 79.9. The first-order chi connectivity index (χ1) is 8.65. The van der Waals surface area contributed by atoms with Crippen molar-refractivity contribution in [3.05, 3.63) is 43.8 Å². The Labute approximate surface area is 120 Å². The zero-order valence-electron chi connectivity index (χ0n) is 10.4. The Bertz CT molecular complexity index is 570. The van der Waals surface area contributed by atoms with Crippen molar-refractivity contribution in [2.45, 2.75) is 38.8 Å². The third kappa shape index (κ3) is 2.17. The molecule has 1 unspecified atom stereocenters. The minimum absolute atomic E-state index is 0.240. The van der Waals surface area contributed by atoms with E-state index in [9.17, 15) is 0 Å². The molecule has 0 amide bonds. The highest BCUT2D eigenvalue weighted by Gasteiger charge is 2.22. The second kappa shape index (κ2) is 4.83. The molecule has 2 N–H and O–H groups in total. The van der Waals surface area contributed by atoms with Crippen molar-refractivity contribution in [2.24, 2.45) is 5.73 Å². The van der Waals surface area contributed by atoms with E-state index < -0.39 is 0 Å². The van der Waals surface area contributed by atoms with Crippen LogP contribution >= 0.6 is 27.3 Å². The van der Waals surface area contributed by atoms with Crippen molar-refractivity contribution in [1.82, 2.24) is 4.57 Å². The average Bonchev–Trinajstić information content (AvgIpc) is 2.87. The lowest BCUT2D eigenvalue weighted by Crippen LogP contribution is -2.18. The molecule has 0 radical (unpaired) electrons. The van der Waals surface area contributed by atoms with Gasteiger partial charge in [-0.05, 0) is 59.8 Å². The van der Waals surface area contributed by atoms with E-state index in [1.807, 2.05) is 11.3 Å². The van der Waals surface area contributed by atoms with Crippen molar-refractivity contribution < 1.29 is 0 Å². The van der Waals surface area contributed by atoms with E-state index in [0.717, 1.165) is 13.0 Å². The number of hydrogen-bond acceptors (Lipinski definition) is 2. The van der Waals surface area contributed by atoms with Crippen molar-refractivity contribution in [2.75, 3.05) is 0 Å². The van der Waals surface area contributed by atoms with Crippen LogP contribution in [0.4, 0.5) is 0 Å². The van der Waals surface area contributed by atoms with E-state index in [1.165, 1.54) is 39.1 Å². The molecule has 1 aliphatic rings. The second-order valence-electron chi connectivity index (χ2n) is 5.00. The first kappa shape index (κ1) is 12.5. The van der Waals surface area contributed by atoms with Crippen LogP contribution in [0.3, 0.4) is 0 Å². The maximum atomic E-state index is 6.21. The second-order valence-corrected chi connectivity index (χ2v) is 6.92. The fraction of sp³-hybridized carbons (Fsp3) is 0.429. The third-order valence-corrected chi connectivity index (χ3v) is 5.40. The molecule has 0 aliphatic heterocycles. The van der Waals surface area contributed by atoms with Crippen LogP contribution in [-0.2, 0) is 13.0 Å². The summed E-state index contributed by atoms with van der Waals surface area (Å²) in [4.78, 5) is 1.39. The van der Waals surface area contributed by atoms with Gasteiger partial charge in [0.05, 0.1) is 6.54 Å². The fourth-order valence-electron chi connectivity index (χ4n) is 2.81. The molecule has 0 aromatic carbocycles. The molecule has 0 bridgehead atoms. The smallest absolute Gasteiger partial charge is 0.0569 e. The summed E-state index contributed by atoms with van der Waals surface area (Å²) in [6.07, 6.45) is 3.51. The molecule has 1 atom stereocenters. The van der Waals surface area contributed by atoms with Gasteiger partial charge in [-0.2, -0.15) is 0 Å². The summed E-state index contributed by atoms with van der Waals surface area (Å²) in [7, 11) is 0. The Balaban J connectivity index is 1.97. The number of fused-ring (bicyclic) bond motifs is 1. The van der Waals surface area contributed by atoms with Gasteiger partial charge in [0.1, 0.15) is 0 Å². The number of aromatic nitrogens is 1. The third-order valence-electron chi connectivity index (χ3n) is 3.71. The van der Waals surface area contributed by atoms with E-state index in [4.69, 9.17) is 5.73 Å². The number of thiophene rings is 1. The van der Waals surface area contributed by atoms with Gasteiger partial charge in [0.15, 0.2) is 0 Å². The minimum atomic E-state index is 0.240. The van der Waals surface area contributed by atoms with Gasteiger partial charge in [-0.1, -0.05) is 0 Å². The summed E-state index contributed by atoms with van der Waals surface area (Å²) < 4.78 is 3.62. The molecule has 2 nitrogen and oxygen atoms in total. The fourth-order valence-corrected chi connectivity index (χ4v) is 4.25. The maximum Gasteiger partial charge on any atom is 0.0569 e. The van der Waals surface area contributed by atoms with E-state index in [2.05, 4.69) is 44.9 Å². The Kier molecular flexibility index (Phi) is 3.34. The number of halogens is 1. The van der Waals surface area contributed by atoms with Crippen LogP contribution in [0.1, 0.15) is 40.7 Å².